The lowest BCUT2D eigenvalue weighted by Gasteiger charge is -2.33. The fourth-order valence-corrected chi connectivity index (χ4v) is 11.6. The lowest BCUT2D eigenvalue weighted by molar-refractivity contribution is 0.537. The van der Waals surface area contributed by atoms with E-state index in [1.54, 1.807) is 36.4 Å². The molecule has 0 aliphatic heterocycles. The molecule has 41 heavy (non-hydrogen) atoms. The third kappa shape index (κ3) is 13.5. The van der Waals surface area contributed by atoms with Crippen LogP contribution in [0.25, 0.3) is 0 Å². The van der Waals surface area contributed by atoms with Crippen molar-refractivity contribution in [1.82, 2.24) is 0 Å². The lowest BCUT2D eigenvalue weighted by atomic mass is 10.0. The van der Waals surface area contributed by atoms with Gasteiger partial charge in [-0.15, -0.1) is 0 Å². The monoisotopic (exact) mass is 580 g/mol. The summed E-state index contributed by atoms with van der Waals surface area (Å²) >= 11 is 0. The van der Waals surface area contributed by atoms with Gasteiger partial charge in [0.25, 0.3) is 0 Å². The average molecular weight is 581 g/mol. The highest BCUT2D eigenvalue weighted by Crippen LogP contribution is 2.30. The number of unbranched alkanes of at least 4 members (excludes halogenated alkanes) is 13. The number of halogens is 3. The zero-order valence-corrected chi connectivity index (χ0v) is 26.3. The summed E-state index contributed by atoms with van der Waals surface area (Å²) in [5, 5.41) is 0. The highest BCUT2D eigenvalue weighted by atomic mass is 28.3. The molecule has 0 aromatic heterocycles. The van der Waals surface area contributed by atoms with Crippen molar-refractivity contribution < 1.29 is 13.2 Å². The SMILES string of the molecule is CCCCCCCCCCCCCCCC[Si](Cc1cccc(F)c1)(Cc1cccc(F)c1)Cc1cccc(F)c1. The second-order valence-corrected chi connectivity index (χ2v) is 16.8. The molecule has 0 amide bonds. The van der Waals surface area contributed by atoms with Crippen molar-refractivity contribution in [2.24, 2.45) is 0 Å². The predicted molar refractivity (Wildman–Crippen MR) is 171 cm³/mol. The van der Waals surface area contributed by atoms with E-state index in [1.165, 1.54) is 102 Å². The van der Waals surface area contributed by atoms with Crippen LogP contribution in [0.2, 0.25) is 6.04 Å². The normalized spacial score (nSPS) is 11.7. The molecule has 0 spiro atoms. The van der Waals surface area contributed by atoms with E-state index < -0.39 is 8.07 Å². The van der Waals surface area contributed by atoms with E-state index >= 15 is 0 Å². The Hall–Kier alpha value is -2.33. The van der Waals surface area contributed by atoms with Gasteiger partial charge < -0.3 is 0 Å². The fourth-order valence-electron chi connectivity index (χ4n) is 6.39. The van der Waals surface area contributed by atoms with Crippen LogP contribution in [-0.4, -0.2) is 8.07 Å². The van der Waals surface area contributed by atoms with E-state index in [-0.39, 0.29) is 17.5 Å². The van der Waals surface area contributed by atoms with E-state index in [0.717, 1.165) is 47.3 Å². The highest BCUT2D eigenvalue weighted by Gasteiger charge is 2.33. The van der Waals surface area contributed by atoms with Gasteiger partial charge in [-0.1, -0.05) is 139 Å². The summed E-state index contributed by atoms with van der Waals surface area (Å²) in [7, 11) is -2.19. The molecule has 3 aromatic rings. The van der Waals surface area contributed by atoms with Crippen LogP contribution in [0, 0.1) is 17.5 Å². The van der Waals surface area contributed by atoms with Gasteiger partial charge in [0.15, 0.2) is 0 Å². The third-order valence-electron chi connectivity index (χ3n) is 8.47. The van der Waals surface area contributed by atoms with Gasteiger partial charge in [-0.05, 0) is 71.2 Å². The number of hydrogen-bond acceptors (Lipinski definition) is 0. The molecule has 0 aliphatic rings. The van der Waals surface area contributed by atoms with Gasteiger partial charge >= 0.3 is 0 Å². The topological polar surface area (TPSA) is 0 Å². The largest absolute Gasteiger partial charge is 0.207 e. The summed E-state index contributed by atoms with van der Waals surface area (Å²) < 4.78 is 42.6. The zero-order chi connectivity index (χ0) is 29.2. The molecule has 0 N–H and O–H groups in total. The summed E-state index contributed by atoms with van der Waals surface area (Å²) in [6.45, 7) is 2.27. The van der Waals surface area contributed by atoms with Crippen molar-refractivity contribution in [2.75, 3.05) is 0 Å². The van der Waals surface area contributed by atoms with Crippen molar-refractivity contribution in [3.8, 4) is 0 Å². The Labute approximate surface area is 248 Å². The molecule has 0 heterocycles. The van der Waals surface area contributed by atoms with Gasteiger partial charge in [0, 0.05) is 0 Å². The van der Waals surface area contributed by atoms with Crippen LogP contribution in [-0.2, 0) is 18.1 Å². The third-order valence-corrected chi connectivity index (χ3v) is 13.4. The average Bonchev–Trinajstić information content (AvgIpc) is 2.93. The number of benzene rings is 3. The standard InChI is InChI=1S/C37H51F3Si/c1-2-3-4-5-6-7-8-9-10-11-12-13-14-15-25-41(29-32-19-16-22-35(38)26-32,30-33-20-17-23-36(39)27-33)31-34-21-18-24-37(40)28-34/h16-24,26-28H,2-15,25,29-31H2,1H3. The van der Waals surface area contributed by atoms with Gasteiger partial charge in [-0.25, -0.2) is 13.2 Å². The van der Waals surface area contributed by atoms with Crippen LogP contribution in [0.3, 0.4) is 0 Å². The molecule has 0 saturated heterocycles. The first-order valence-electron chi connectivity index (χ1n) is 16.2. The molecule has 0 nitrogen and oxygen atoms in total. The van der Waals surface area contributed by atoms with E-state index in [4.69, 9.17) is 0 Å². The second-order valence-electron chi connectivity index (χ2n) is 12.3. The molecule has 0 atom stereocenters. The molecule has 0 saturated carbocycles. The Morgan fingerprint density at radius 2 is 0.756 bits per heavy atom. The van der Waals surface area contributed by atoms with Crippen molar-refractivity contribution in [1.29, 1.82) is 0 Å². The summed E-state index contributed by atoms with van der Waals surface area (Å²) in [4.78, 5) is 0. The van der Waals surface area contributed by atoms with Crippen LogP contribution in [0.5, 0.6) is 0 Å². The van der Waals surface area contributed by atoms with Crippen LogP contribution >= 0.6 is 0 Å². The predicted octanol–water partition coefficient (Wildman–Crippen LogP) is 11.7. The summed E-state index contributed by atoms with van der Waals surface area (Å²) in [5.41, 5.74) is 2.99. The van der Waals surface area contributed by atoms with Gasteiger partial charge in [0.1, 0.15) is 17.5 Å². The molecule has 3 aromatic carbocycles. The number of hydrogen-bond donors (Lipinski definition) is 0. The van der Waals surface area contributed by atoms with Gasteiger partial charge in [0.05, 0.1) is 8.07 Å². The maximum atomic E-state index is 14.2. The van der Waals surface area contributed by atoms with Gasteiger partial charge in [0.2, 0.25) is 0 Å². The first kappa shape index (κ1) is 33.2. The minimum atomic E-state index is -2.19. The van der Waals surface area contributed by atoms with Crippen molar-refractivity contribution in [2.45, 2.75) is 121 Å². The molecular weight excluding hydrogens is 529 g/mol. The summed E-state index contributed by atoms with van der Waals surface area (Å²) in [5.74, 6) is -0.671. The first-order valence-corrected chi connectivity index (χ1v) is 19.0. The van der Waals surface area contributed by atoms with Crippen LogP contribution in [0.15, 0.2) is 72.8 Å². The molecule has 3 rings (SSSR count). The highest BCUT2D eigenvalue weighted by molar-refractivity contribution is 6.78. The van der Waals surface area contributed by atoms with E-state index in [2.05, 4.69) is 6.92 Å². The quantitative estimate of drug-likeness (QED) is 0.0868. The van der Waals surface area contributed by atoms with Gasteiger partial charge in [-0.3, -0.25) is 0 Å². The lowest BCUT2D eigenvalue weighted by Crippen LogP contribution is -2.44. The van der Waals surface area contributed by atoms with Crippen LogP contribution < -0.4 is 0 Å². The molecule has 224 valence electrons. The first-order chi connectivity index (χ1) is 20.0. The summed E-state index contributed by atoms with van der Waals surface area (Å²) in [6.07, 6.45) is 18.5. The maximum Gasteiger partial charge on any atom is 0.123 e. The molecule has 0 unspecified atom stereocenters. The fraction of sp³-hybridized carbons (Fsp3) is 0.514. The maximum absolute atomic E-state index is 14.2. The Bertz CT molecular complexity index is 1010. The Morgan fingerprint density at radius 3 is 1.07 bits per heavy atom. The smallest absolute Gasteiger partial charge is 0.123 e. The van der Waals surface area contributed by atoms with Crippen molar-refractivity contribution >= 4 is 8.07 Å². The van der Waals surface area contributed by atoms with Crippen molar-refractivity contribution in [3.05, 3.63) is 107 Å². The minimum absolute atomic E-state index is 0.224. The minimum Gasteiger partial charge on any atom is -0.207 e. The van der Waals surface area contributed by atoms with Crippen LogP contribution in [0.1, 0.15) is 114 Å². The summed E-state index contributed by atoms with van der Waals surface area (Å²) in [6, 6.07) is 24.2. The Morgan fingerprint density at radius 1 is 0.439 bits per heavy atom. The molecule has 0 bridgehead atoms. The molecule has 4 heteroatoms. The van der Waals surface area contributed by atoms with E-state index in [0.29, 0.717) is 0 Å². The van der Waals surface area contributed by atoms with E-state index in [1.807, 2.05) is 18.2 Å². The Kier molecular flexibility index (Phi) is 15.3. The van der Waals surface area contributed by atoms with Crippen molar-refractivity contribution in [3.63, 3.8) is 0 Å². The molecule has 0 fully saturated rings. The zero-order valence-electron chi connectivity index (χ0n) is 25.3. The molecule has 0 radical (unpaired) electrons. The van der Waals surface area contributed by atoms with E-state index in [9.17, 15) is 13.2 Å². The number of rotatable bonds is 21. The Balaban J connectivity index is 1.58. The molecular formula is C37H51F3Si. The molecule has 0 aliphatic carbocycles. The second kappa shape index (κ2) is 19.0. The van der Waals surface area contributed by atoms with Crippen LogP contribution in [0.4, 0.5) is 13.2 Å². The van der Waals surface area contributed by atoms with Gasteiger partial charge in [-0.2, -0.15) is 0 Å².